The molecule has 0 N–H and O–H groups in total. The number of benzene rings is 2. The molecular weight excluding hydrogens is 499 g/mol. The van der Waals surface area contributed by atoms with Crippen molar-refractivity contribution in [3.63, 3.8) is 0 Å². The Bertz CT molecular complexity index is 1410. The maximum atomic E-state index is 13.3. The van der Waals surface area contributed by atoms with E-state index in [1.165, 1.54) is 23.1 Å². The molecule has 12 heteroatoms. The summed E-state index contributed by atoms with van der Waals surface area (Å²) in [6.45, 7) is 3.41. The van der Waals surface area contributed by atoms with Gasteiger partial charge in [0, 0.05) is 31.2 Å². The van der Waals surface area contributed by atoms with Crippen LogP contribution in [-0.4, -0.2) is 63.3 Å². The summed E-state index contributed by atoms with van der Waals surface area (Å²) >= 11 is 6.22. The zero-order chi connectivity index (χ0) is 26.2. The standard InChI is InChI=1S/C24H23ClF3N5O3/c1-15-3-8-18(13-19(15)25)33-23(36)32(14-16-4-6-17(7-5-16)24(26,27)28)22(35)20(29-33)21(34)31-11-9-30(2)10-12-31/h3-8,13H,9-12,14H2,1-2H3. The monoisotopic (exact) mass is 521 g/mol. The van der Waals surface area contributed by atoms with Crippen molar-refractivity contribution in [2.45, 2.75) is 19.6 Å². The summed E-state index contributed by atoms with van der Waals surface area (Å²) in [6, 6.07) is 8.84. The van der Waals surface area contributed by atoms with E-state index in [1.807, 2.05) is 11.9 Å². The first kappa shape index (κ1) is 25.6. The van der Waals surface area contributed by atoms with Gasteiger partial charge < -0.3 is 9.80 Å². The van der Waals surface area contributed by atoms with Crippen LogP contribution < -0.4 is 11.2 Å². The Hall–Kier alpha value is -3.44. The summed E-state index contributed by atoms with van der Waals surface area (Å²) in [6.07, 6.45) is -4.52. The molecule has 3 aromatic rings. The van der Waals surface area contributed by atoms with Gasteiger partial charge in [-0.15, -0.1) is 0 Å². The third-order valence-corrected chi connectivity index (χ3v) is 6.48. The van der Waals surface area contributed by atoms with Crippen LogP contribution in [0.25, 0.3) is 5.69 Å². The fourth-order valence-electron chi connectivity index (χ4n) is 3.81. The van der Waals surface area contributed by atoms with Crippen LogP contribution in [0.15, 0.2) is 52.1 Å². The fraction of sp³-hybridized carbons (Fsp3) is 0.333. The van der Waals surface area contributed by atoms with Gasteiger partial charge in [-0.05, 0) is 49.4 Å². The molecule has 190 valence electrons. The van der Waals surface area contributed by atoms with Gasteiger partial charge in [-0.25, -0.2) is 4.79 Å². The minimum atomic E-state index is -4.52. The van der Waals surface area contributed by atoms with Crippen molar-refractivity contribution in [1.82, 2.24) is 24.1 Å². The van der Waals surface area contributed by atoms with Gasteiger partial charge in [0.2, 0.25) is 5.69 Å². The van der Waals surface area contributed by atoms with Gasteiger partial charge in [0.1, 0.15) is 0 Å². The highest BCUT2D eigenvalue weighted by atomic mass is 35.5. The van der Waals surface area contributed by atoms with Crippen molar-refractivity contribution < 1.29 is 18.0 Å². The zero-order valence-corrected chi connectivity index (χ0v) is 20.3. The molecule has 1 amide bonds. The van der Waals surface area contributed by atoms with Gasteiger partial charge in [-0.1, -0.05) is 29.8 Å². The second kappa shape index (κ2) is 9.90. The summed E-state index contributed by atoms with van der Waals surface area (Å²) < 4.78 is 40.6. The van der Waals surface area contributed by atoms with Gasteiger partial charge in [0.05, 0.1) is 17.8 Å². The first-order valence-corrected chi connectivity index (χ1v) is 11.5. The SMILES string of the molecule is Cc1ccc(-n2nc(C(=O)N3CCN(C)CC3)c(=O)n(Cc3ccc(C(F)(F)F)cc3)c2=O)cc1Cl. The minimum absolute atomic E-state index is 0.240. The Labute approximate surface area is 209 Å². The largest absolute Gasteiger partial charge is 0.416 e. The zero-order valence-electron chi connectivity index (χ0n) is 19.5. The Balaban J connectivity index is 1.82. The molecule has 0 radical (unpaired) electrons. The van der Waals surface area contributed by atoms with E-state index in [4.69, 9.17) is 11.6 Å². The minimum Gasteiger partial charge on any atom is -0.335 e. The van der Waals surface area contributed by atoms with E-state index in [9.17, 15) is 27.6 Å². The molecule has 0 atom stereocenters. The number of hydrogen-bond acceptors (Lipinski definition) is 5. The summed E-state index contributed by atoms with van der Waals surface area (Å²) in [5.74, 6) is -0.624. The van der Waals surface area contributed by atoms with Gasteiger partial charge in [-0.2, -0.15) is 23.0 Å². The van der Waals surface area contributed by atoms with E-state index in [1.54, 1.807) is 19.1 Å². The number of nitrogens with zero attached hydrogens (tertiary/aromatic N) is 5. The molecule has 36 heavy (non-hydrogen) atoms. The van der Waals surface area contributed by atoms with Crippen LogP contribution in [0.5, 0.6) is 0 Å². The number of likely N-dealkylation sites (N-methyl/N-ethyl adjacent to an activating group) is 1. The van der Waals surface area contributed by atoms with Gasteiger partial charge >= 0.3 is 11.9 Å². The first-order valence-electron chi connectivity index (χ1n) is 11.1. The molecule has 1 aliphatic heterocycles. The summed E-state index contributed by atoms with van der Waals surface area (Å²) in [4.78, 5) is 43.4. The number of carbonyl (C=O) groups excluding carboxylic acids is 1. The van der Waals surface area contributed by atoms with Crippen LogP contribution in [0.1, 0.15) is 27.2 Å². The predicted octanol–water partition coefficient (Wildman–Crippen LogP) is 2.81. The number of hydrogen-bond donors (Lipinski definition) is 0. The van der Waals surface area contributed by atoms with E-state index >= 15 is 0 Å². The van der Waals surface area contributed by atoms with Crippen molar-refractivity contribution in [3.05, 3.63) is 90.7 Å². The Morgan fingerprint density at radius 3 is 2.25 bits per heavy atom. The number of rotatable bonds is 4. The van der Waals surface area contributed by atoms with Crippen molar-refractivity contribution in [1.29, 1.82) is 0 Å². The highest BCUT2D eigenvalue weighted by Crippen LogP contribution is 2.29. The molecule has 1 aromatic heterocycles. The third kappa shape index (κ3) is 5.21. The van der Waals surface area contributed by atoms with Crippen molar-refractivity contribution in [2.24, 2.45) is 0 Å². The lowest BCUT2D eigenvalue weighted by Crippen LogP contribution is -2.51. The normalized spacial score (nSPS) is 14.8. The molecule has 4 rings (SSSR count). The second-order valence-electron chi connectivity index (χ2n) is 8.66. The number of piperazine rings is 1. The van der Waals surface area contributed by atoms with E-state index in [2.05, 4.69) is 5.10 Å². The molecule has 2 heterocycles. The van der Waals surface area contributed by atoms with Crippen LogP contribution in [-0.2, 0) is 12.7 Å². The number of aryl methyl sites for hydroxylation is 1. The van der Waals surface area contributed by atoms with Crippen LogP contribution in [0.2, 0.25) is 5.02 Å². The highest BCUT2D eigenvalue weighted by molar-refractivity contribution is 6.31. The Morgan fingerprint density at radius 1 is 1.03 bits per heavy atom. The number of carbonyl (C=O) groups is 1. The number of halogens is 4. The summed E-state index contributed by atoms with van der Waals surface area (Å²) in [7, 11) is 1.92. The van der Waals surface area contributed by atoms with Crippen LogP contribution in [0, 0.1) is 6.92 Å². The molecule has 0 unspecified atom stereocenters. The van der Waals surface area contributed by atoms with Gasteiger partial charge in [0.25, 0.3) is 11.5 Å². The fourth-order valence-corrected chi connectivity index (χ4v) is 3.99. The number of amides is 1. The summed E-state index contributed by atoms with van der Waals surface area (Å²) in [5.41, 5.74) is -1.81. The number of alkyl halides is 3. The third-order valence-electron chi connectivity index (χ3n) is 6.07. The van der Waals surface area contributed by atoms with E-state index in [0.717, 1.165) is 26.9 Å². The molecule has 1 fully saturated rings. The topological polar surface area (TPSA) is 80.4 Å². The van der Waals surface area contributed by atoms with Crippen LogP contribution in [0.4, 0.5) is 13.2 Å². The Morgan fingerprint density at radius 2 is 1.67 bits per heavy atom. The number of aromatic nitrogens is 3. The molecular formula is C24H23ClF3N5O3. The Kier molecular flexibility index (Phi) is 7.05. The van der Waals surface area contributed by atoms with E-state index in [0.29, 0.717) is 31.2 Å². The first-order chi connectivity index (χ1) is 17.0. The molecule has 0 spiro atoms. The van der Waals surface area contributed by atoms with E-state index < -0.39 is 34.6 Å². The average Bonchev–Trinajstić information content (AvgIpc) is 2.83. The van der Waals surface area contributed by atoms with Crippen LogP contribution in [0.3, 0.4) is 0 Å². The highest BCUT2D eigenvalue weighted by Gasteiger charge is 2.30. The molecule has 8 nitrogen and oxygen atoms in total. The molecule has 1 saturated heterocycles. The molecule has 0 saturated carbocycles. The molecule has 0 aliphatic carbocycles. The lowest BCUT2D eigenvalue weighted by Gasteiger charge is -2.32. The quantitative estimate of drug-likeness (QED) is 0.527. The maximum absolute atomic E-state index is 13.3. The summed E-state index contributed by atoms with van der Waals surface area (Å²) in [5, 5.41) is 4.47. The van der Waals surface area contributed by atoms with Gasteiger partial charge in [0.15, 0.2) is 0 Å². The van der Waals surface area contributed by atoms with Gasteiger partial charge in [-0.3, -0.25) is 14.2 Å². The van der Waals surface area contributed by atoms with Crippen molar-refractivity contribution in [2.75, 3.05) is 33.2 Å². The molecule has 0 bridgehead atoms. The lowest BCUT2D eigenvalue weighted by molar-refractivity contribution is -0.137. The predicted molar refractivity (Wildman–Crippen MR) is 128 cm³/mol. The van der Waals surface area contributed by atoms with Crippen molar-refractivity contribution >= 4 is 17.5 Å². The smallest absolute Gasteiger partial charge is 0.335 e. The maximum Gasteiger partial charge on any atom is 0.416 e. The molecule has 1 aliphatic rings. The second-order valence-corrected chi connectivity index (χ2v) is 9.07. The average molecular weight is 522 g/mol. The van der Waals surface area contributed by atoms with Crippen molar-refractivity contribution in [3.8, 4) is 5.69 Å². The van der Waals surface area contributed by atoms with E-state index in [-0.39, 0.29) is 17.8 Å². The lowest BCUT2D eigenvalue weighted by atomic mass is 10.1. The van der Waals surface area contributed by atoms with Crippen LogP contribution >= 0.6 is 11.6 Å². The molecule has 2 aromatic carbocycles.